The van der Waals surface area contributed by atoms with Crippen molar-refractivity contribution in [3.63, 3.8) is 0 Å². The summed E-state index contributed by atoms with van der Waals surface area (Å²) in [5, 5.41) is 6.25. The fourth-order valence-corrected chi connectivity index (χ4v) is 3.17. The van der Waals surface area contributed by atoms with Crippen molar-refractivity contribution in [1.82, 2.24) is 20.3 Å². The highest BCUT2D eigenvalue weighted by Gasteiger charge is 2.14. The molecule has 0 aliphatic rings. The molecule has 0 atom stereocenters. The second kappa shape index (κ2) is 10.1. The van der Waals surface area contributed by atoms with Crippen LogP contribution in [-0.2, 0) is 13.0 Å². The van der Waals surface area contributed by atoms with Gasteiger partial charge in [-0.05, 0) is 36.4 Å². The van der Waals surface area contributed by atoms with Crippen LogP contribution in [-0.4, -0.2) is 27.4 Å². The van der Waals surface area contributed by atoms with Crippen molar-refractivity contribution >= 4 is 11.7 Å². The second-order valence-corrected chi connectivity index (χ2v) is 6.96. The largest absolute Gasteiger partial charge is 0.369 e. The maximum Gasteiger partial charge on any atom is 0.255 e. The van der Waals surface area contributed by atoms with Gasteiger partial charge in [0.15, 0.2) is 0 Å². The van der Waals surface area contributed by atoms with Crippen LogP contribution in [0.25, 0.3) is 11.3 Å². The molecule has 3 aromatic heterocycles. The minimum Gasteiger partial charge on any atom is -0.369 e. The number of nitrogens with one attached hydrogen (secondary N) is 2. The molecular formula is C25H23N5O. The van der Waals surface area contributed by atoms with E-state index in [0.29, 0.717) is 24.5 Å². The number of anilines is 1. The van der Waals surface area contributed by atoms with Crippen molar-refractivity contribution in [3.8, 4) is 11.3 Å². The van der Waals surface area contributed by atoms with Crippen molar-refractivity contribution in [1.29, 1.82) is 0 Å². The molecule has 154 valence electrons. The predicted molar refractivity (Wildman–Crippen MR) is 122 cm³/mol. The molecule has 0 radical (unpaired) electrons. The van der Waals surface area contributed by atoms with E-state index in [0.717, 1.165) is 29.1 Å². The Bertz CT molecular complexity index is 1120. The molecule has 31 heavy (non-hydrogen) atoms. The van der Waals surface area contributed by atoms with Gasteiger partial charge in [0.25, 0.3) is 5.91 Å². The lowest BCUT2D eigenvalue weighted by atomic mass is 10.1. The molecule has 0 aliphatic carbocycles. The number of nitrogens with zero attached hydrogens (tertiary/aromatic N) is 3. The number of amides is 1. The van der Waals surface area contributed by atoms with Gasteiger partial charge in [0.2, 0.25) is 0 Å². The van der Waals surface area contributed by atoms with Gasteiger partial charge >= 0.3 is 0 Å². The monoisotopic (exact) mass is 409 g/mol. The summed E-state index contributed by atoms with van der Waals surface area (Å²) in [6.07, 6.45) is 4.22. The van der Waals surface area contributed by atoms with E-state index in [4.69, 9.17) is 4.98 Å². The van der Waals surface area contributed by atoms with Crippen molar-refractivity contribution in [2.75, 3.05) is 11.9 Å². The lowest BCUT2D eigenvalue weighted by Crippen LogP contribution is -2.25. The van der Waals surface area contributed by atoms with Gasteiger partial charge in [-0.1, -0.05) is 42.5 Å². The molecule has 1 aromatic carbocycles. The lowest BCUT2D eigenvalue weighted by Gasteiger charge is -2.13. The average Bonchev–Trinajstić information content (AvgIpc) is 2.84. The number of pyridine rings is 3. The summed E-state index contributed by atoms with van der Waals surface area (Å²) in [7, 11) is 0. The molecule has 0 aliphatic heterocycles. The number of benzene rings is 1. The van der Waals surface area contributed by atoms with Crippen LogP contribution in [0.15, 0.2) is 91.3 Å². The van der Waals surface area contributed by atoms with E-state index >= 15 is 0 Å². The van der Waals surface area contributed by atoms with Crippen molar-refractivity contribution in [2.24, 2.45) is 0 Å². The molecule has 0 unspecified atom stereocenters. The molecule has 4 rings (SSSR count). The zero-order valence-electron chi connectivity index (χ0n) is 17.0. The minimum atomic E-state index is -0.196. The first-order chi connectivity index (χ1) is 15.3. The van der Waals surface area contributed by atoms with Gasteiger partial charge in [0, 0.05) is 36.6 Å². The summed E-state index contributed by atoms with van der Waals surface area (Å²) >= 11 is 0. The van der Waals surface area contributed by atoms with Gasteiger partial charge in [0.05, 0.1) is 23.5 Å². The molecule has 0 fully saturated rings. The molecule has 4 aromatic rings. The molecule has 6 heteroatoms. The van der Waals surface area contributed by atoms with Crippen molar-refractivity contribution in [3.05, 3.63) is 108 Å². The number of rotatable bonds is 8. The normalized spacial score (nSPS) is 10.5. The Balaban J connectivity index is 1.53. The smallest absolute Gasteiger partial charge is 0.255 e. The highest BCUT2D eigenvalue weighted by molar-refractivity contribution is 5.99. The van der Waals surface area contributed by atoms with E-state index < -0.39 is 0 Å². The predicted octanol–water partition coefficient (Wildman–Crippen LogP) is 4.12. The van der Waals surface area contributed by atoms with Gasteiger partial charge < -0.3 is 10.6 Å². The third kappa shape index (κ3) is 5.51. The minimum absolute atomic E-state index is 0.196. The summed E-state index contributed by atoms with van der Waals surface area (Å²) in [6, 6.07) is 25.1. The van der Waals surface area contributed by atoms with Crippen LogP contribution >= 0.6 is 0 Å². The molecule has 1 amide bonds. The Morgan fingerprint density at radius 3 is 2.19 bits per heavy atom. The standard InChI is InChI=1S/C25H23N5O/c31-25(29-18-21-11-5-7-16-27-21)22-12-13-23(19-8-2-1-3-9-19)30-24(22)28-17-14-20-10-4-6-15-26-20/h1-13,15-16H,14,17-18H2,(H,28,30)(H,29,31). The van der Waals surface area contributed by atoms with E-state index in [-0.39, 0.29) is 5.91 Å². The van der Waals surface area contributed by atoms with Gasteiger partial charge in [-0.15, -0.1) is 0 Å². The Labute approximate surface area is 181 Å². The zero-order chi connectivity index (χ0) is 21.3. The summed E-state index contributed by atoms with van der Waals surface area (Å²) in [6.45, 7) is 0.969. The van der Waals surface area contributed by atoms with Crippen LogP contribution in [0, 0.1) is 0 Å². The first kappa shape index (κ1) is 20.2. The average molecular weight is 409 g/mol. The maximum absolute atomic E-state index is 12.9. The van der Waals surface area contributed by atoms with Crippen LogP contribution in [0.3, 0.4) is 0 Å². The van der Waals surface area contributed by atoms with Gasteiger partial charge in [-0.3, -0.25) is 14.8 Å². The van der Waals surface area contributed by atoms with E-state index in [1.165, 1.54) is 0 Å². The summed E-state index contributed by atoms with van der Waals surface area (Å²) in [5.74, 6) is 0.355. The summed E-state index contributed by atoms with van der Waals surface area (Å²) in [4.78, 5) is 26.2. The van der Waals surface area contributed by atoms with Crippen LogP contribution in [0.5, 0.6) is 0 Å². The van der Waals surface area contributed by atoms with Gasteiger partial charge in [0.1, 0.15) is 5.82 Å². The van der Waals surface area contributed by atoms with Crippen LogP contribution in [0.2, 0.25) is 0 Å². The Morgan fingerprint density at radius 2 is 1.48 bits per heavy atom. The number of hydrogen-bond acceptors (Lipinski definition) is 5. The Kier molecular flexibility index (Phi) is 6.60. The molecule has 3 heterocycles. The summed E-state index contributed by atoms with van der Waals surface area (Å²) < 4.78 is 0. The number of carbonyl (C=O) groups is 1. The number of carbonyl (C=O) groups excluding carboxylic acids is 1. The lowest BCUT2D eigenvalue weighted by molar-refractivity contribution is 0.0951. The van der Waals surface area contributed by atoms with E-state index in [2.05, 4.69) is 20.6 Å². The van der Waals surface area contributed by atoms with E-state index in [1.807, 2.05) is 78.9 Å². The fourth-order valence-electron chi connectivity index (χ4n) is 3.17. The molecule has 0 spiro atoms. The third-order valence-electron chi connectivity index (χ3n) is 4.77. The Morgan fingerprint density at radius 1 is 0.774 bits per heavy atom. The van der Waals surface area contributed by atoms with Gasteiger partial charge in [-0.25, -0.2) is 4.98 Å². The molecule has 0 saturated heterocycles. The zero-order valence-corrected chi connectivity index (χ0v) is 17.0. The van der Waals surface area contributed by atoms with Crippen LogP contribution in [0.4, 0.5) is 5.82 Å². The molecule has 0 bridgehead atoms. The SMILES string of the molecule is O=C(NCc1ccccn1)c1ccc(-c2ccccc2)nc1NCCc1ccccn1. The molecule has 2 N–H and O–H groups in total. The van der Waals surface area contributed by atoms with Crippen LogP contribution in [0.1, 0.15) is 21.7 Å². The van der Waals surface area contributed by atoms with E-state index in [9.17, 15) is 4.79 Å². The fraction of sp³-hybridized carbons (Fsp3) is 0.120. The van der Waals surface area contributed by atoms with E-state index in [1.54, 1.807) is 12.4 Å². The third-order valence-corrected chi connectivity index (χ3v) is 4.77. The topological polar surface area (TPSA) is 79.8 Å². The highest BCUT2D eigenvalue weighted by atomic mass is 16.1. The second-order valence-electron chi connectivity index (χ2n) is 6.96. The van der Waals surface area contributed by atoms with Crippen molar-refractivity contribution in [2.45, 2.75) is 13.0 Å². The van der Waals surface area contributed by atoms with Crippen molar-refractivity contribution < 1.29 is 4.79 Å². The Hall–Kier alpha value is -4.06. The number of hydrogen-bond donors (Lipinski definition) is 2. The van der Waals surface area contributed by atoms with Gasteiger partial charge in [-0.2, -0.15) is 0 Å². The molecule has 0 saturated carbocycles. The molecular weight excluding hydrogens is 386 g/mol. The van der Waals surface area contributed by atoms with Crippen LogP contribution < -0.4 is 10.6 Å². The maximum atomic E-state index is 12.9. The first-order valence-electron chi connectivity index (χ1n) is 10.2. The quantitative estimate of drug-likeness (QED) is 0.458. The highest BCUT2D eigenvalue weighted by Crippen LogP contribution is 2.22. The summed E-state index contributed by atoms with van der Waals surface area (Å²) in [5.41, 5.74) is 4.08. The number of aromatic nitrogens is 3. The first-order valence-corrected chi connectivity index (χ1v) is 10.2. The molecule has 6 nitrogen and oxygen atoms in total.